The molecule has 3 aliphatic heterocycles. The van der Waals surface area contributed by atoms with Gasteiger partial charge in [-0.3, -0.25) is 4.79 Å². The molecule has 0 radical (unpaired) electrons. The lowest BCUT2D eigenvalue weighted by molar-refractivity contribution is -0.148. The molecule has 0 aromatic heterocycles. The molecular formula is C42H59N3O11. The number of aliphatic hydroxyl groups excluding tert-OH is 3. The van der Waals surface area contributed by atoms with E-state index < -0.39 is 42.3 Å². The normalized spacial score (nSPS) is 28.6. The Morgan fingerprint density at radius 1 is 1.05 bits per heavy atom. The van der Waals surface area contributed by atoms with Crippen molar-refractivity contribution in [3.8, 4) is 28.7 Å². The van der Waals surface area contributed by atoms with E-state index in [1.54, 1.807) is 24.3 Å². The molecule has 2 saturated heterocycles. The van der Waals surface area contributed by atoms with Crippen molar-refractivity contribution in [3.05, 3.63) is 65.0 Å². The van der Waals surface area contributed by atoms with Gasteiger partial charge < -0.3 is 66.0 Å². The third kappa shape index (κ3) is 8.84. The Bertz CT molecular complexity index is 1740. The number of phenols is 2. The molecule has 308 valence electrons. The van der Waals surface area contributed by atoms with Crippen LogP contribution < -0.4 is 30.6 Å². The maximum atomic E-state index is 12.8. The monoisotopic (exact) mass is 781 g/mol. The summed E-state index contributed by atoms with van der Waals surface area (Å²) >= 11 is 0. The summed E-state index contributed by atoms with van der Waals surface area (Å²) in [5.74, 6) is -0.644. The summed E-state index contributed by atoms with van der Waals surface area (Å²) in [6, 6.07) is 7.97. The Morgan fingerprint density at radius 2 is 1.82 bits per heavy atom. The number of hydrogen-bond acceptors (Lipinski definition) is 13. The van der Waals surface area contributed by atoms with E-state index in [2.05, 4.69) is 23.6 Å². The number of carboxylic acids is 1. The van der Waals surface area contributed by atoms with Gasteiger partial charge in [0.15, 0.2) is 29.8 Å². The van der Waals surface area contributed by atoms with Crippen LogP contribution in [-0.2, 0) is 16.0 Å². The topological polar surface area (TPSA) is 225 Å². The van der Waals surface area contributed by atoms with Crippen LogP contribution in [0.5, 0.6) is 28.7 Å². The van der Waals surface area contributed by atoms with Crippen LogP contribution in [0.4, 0.5) is 0 Å². The number of carboxylic acid groups (broad SMARTS) is 1. The van der Waals surface area contributed by atoms with Crippen molar-refractivity contribution in [2.75, 3.05) is 33.7 Å². The first-order valence-corrected chi connectivity index (χ1v) is 19.8. The molecule has 3 fully saturated rings. The number of allylic oxidation sites excluding steroid dienone is 2. The summed E-state index contributed by atoms with van der Waals surface area (Å²) < 4.78 is 24.0. The van der Waals surface area contributed by atoms with E-state index in [0.29, 0.717) is 43.6 Å². The number of piperidine rings is 1. The number of phenolic OH excluding ortho intramolecular Hbond substituents is 2. The second-order valence-corrected chi connectivity index (χ2v) is 16.1. The molecule has 2 aromatic rings. The molecule has 4 aliphatic rings. The largest absolute Gasteiger partial charge is 0.504 e. The molecule has 2 aromatic carbocycles. The SMILES string of the molecule is COc1cc(C2OC(CCc3ccc(O)c(OCO)c3)CC(O)C2CCO)cc(OCC2NC(C)CC3(CCCC3)C2(CC(=O)O)CC2=CCNC(N)=C2)c1O. The van der Waals surface area contributed by atoms with Crippen LogP contribution >= 0.6 is 0 Å². The average Bonchev–Trinajstić information content (AvgIpc) is 3.63. The number of ether oxygens (including phenoxy) is 4. The third-order valence-electron chi connectivity index (χ3n) is 12.7. The van der Waals surface area contributed by atoms with Gasteiger partial charge in [-0.25, -0.2) is 0 Å². The second-order valence-electron chi connectivity index (χ2n) is 16.1. The van der Waals surface area contributed by atoms with Crippen molar-refractivity contribution in [2.24, 2.45) is 22.5 Å². The lowest BCUT2D eigenvalue weighted by Crippen LogP contribution is -2.65. The van der Waals surface area contributed by atoms with Gasteiger partial charge in [-0.2, -0.15) is 0 Å². The van der Waals surface area contributed by atoms with Gasteiger partial charge in [-0.1, -0.05) is 25.0 Å². The van der Waals surface area contributed by atoms with Crippen molar-refractivity contribution in [2.45, 2.75) is 108 Å². The molecule has 10 N–H and O–H groups in total. The molecule has 7 unspecified atom stereocenters. The Kier molecular flexibility index (Phi) is 13.3. The molecule has 0 bridgehead atoms. The Balaban J connectivity index is 1.30. The van der Waals surface area contributed by atoms with E-state index in [0.717, 1.165) is 43.2 Å². The second kappa shape index (κ2) is 17.9. The van der Waals surface area contributed by atoms with Gasteiger partial charge in [0.2, 0.25) is 5.75 Å². The number of methoxy groups -OCH3 is 1. The minimum absolute atomic E-state index is 0.0629. The van der Waals surface area contributed by atoms with E-state index in [9.17, 15) is 35.4 Å². The summed E-state index contributed by atoms with van der Waals surface area (Å²) in [4.78, 5) is 12.8. The predicted octanol–water partition coefficient (Wildman–Crippen LogP) is 4.13. The fourth-order valence-corrected chi connectivity index (χ4v) is 10.2. The predicted molar refractivity (Wildman–Crippen MR) is 207 cm³/mol. The Labute approximate surface area is 328 Å². The average molecular weight is 782 g/mol. The van der Waals surface area contributed by atoms with Gasteiger partial charge in [-0.05, 0) is 111 Å². The minimum Gasteiger partial charge on any atom is -0.504 e. The highest BCUT2D eigenvalue weighted by molar-refractivity contribution is 5.68. The van der Waals surface area contributed by atoms with Crippen LogP contribution in [0.1, 0.15) is 88.4 Å². The molecular weight excluding hydrogens is 722 g/mol. The highest BCUT2D eigenvalue weighted by Gasteiger charge is 2.60. The van der Waals surface area contributed by atoms with Crippen molar-refractivity contribution in [1.82, 2.24) is 10.6 Å². The van der Waals surface area contributed by atoms with Gasteiger partial charge in [0.1, 0.15) is 6.61 Å². The van der Waals surface area contributed by atoms with Crippen molar-refractivity contribution < 1.29 is 54.4 Å². The third-order valence-corrected chi connectivity index (χ3v) is 12.7. The number of aliphatic hydroxyl groups is 3. The van der Waals surface area contributed by atoms with Crippen molar-refractivity contribution in [1.29, 1.82) is 0 Å². The number of nitrogens with two attached hydrogens (primary N) is 1. The first kappa shape index (κ1) is 41.4. The minimum atomic E-state index is -0.877. The number of benzene rings is 2. The standard InChI is InChI=1S/C42H59N3O11/c1-25-20-41(11-3-4-12-41)42(22-38(50)51,21-27-9-13-44-37(43)16-27)36(45-25)23-54-35-18-28(17-34(53-2)39(35)52)40-30(10-14-46)32(49)19-29(56-40)7-5-26-6-8-31(48)33(15-26)55-24-47/h6,8-9,15-18,25,29-30,32,36,40,44-49,52H,3-5,7,10-14,19-24,43H2,1-2H3,(H,50,51). The lowest BCUT2D eigenvalue weighted by atomic mass is 9.50. The fraction of sp³-hybridized carbons (Fsp3) is 0.595. The zero-order valence-electron chi connectivity index (χ0n) is 32.4. The molecule has 1 saturated carbocycles. The number of aryl methyl sites for hydroxylation is 1. The molecule has 0 amide bonds. The molecule has 3 heterocycles. The summed E-state index contributed by atoms with van der Waals surface area (Å²) in [7, 11) is 1.44. The Hall–Kier alpha value is -4.21. The summed E-state index contributed by atoms with van der Waals surface area (Å²) in [5.41, 5.74) is 7.65. The lowest BCUT2D eigenvalue weighted by Gasteiger charge is -2.58. The Morgan fingerprint density at radius 3 is 2.52 bits per heavy atom. The van der Waals surface area contributed by atoms with Crippen LogP contribution in [0.2, 0.25) is 0 Å². The molecule has 14 nitrogen and oxygen atoms in total. The van der Waals surface area contributed by atoms with Crippen LogP contribution in [0.15, 0.2) is 53.9 Å². The summed E-state index contributed by atoms with van der Waals surface area (Å²) in [5, 5.41) is 69.5. The molecule has 7 atom stereocenters. The number of nitrogens with one attached hydrogen (secondary N) is 2. The molecule has 14 heteroatoms. The summed E-state index contributed by atoms with van der Waals surface area (Å²) in [6.07, 6.45) is 8.92. The van der Waals surface area contributed by atoms with Gasteiger partial charge in [-0.15, -0.1) is 0 Å². The van der Waals surface area contributed by atoms with E-state index in [-0.39, 0.29) is 72.4 Å². The van der Waals surface area contributed by atoms with Crippen LogP contribution in [0.3, 0.4) is 0 Å². The quantitative estimate of drug-likeness (QED) is 0.109. The van der Waals surface area contributed by atoms with Crippen molar-refractivity contribution >= 4 is 5.97 Å². The van der Waals surface area contributed by atoms with Crippen LogP contribution in [0, 0.1) is 16.7 Å². The number of aliphatic carboxylic acids is 1. The van der Waals surface area contributed by atoms with Gasteiger partial charge in [0, 0.05) is 36.6 Å². The maximum absolute atomic E-state index is 12.8. The van der Waals surface area contributed by atoms with Crippen LogP contribution in [0.25, 0.3) is 0 Å². The zero-order valence-corrected chi connectivity index (χ0v) is 32.4. The molecule has 1 spiro atoms. The smallest absolute Gasteiger partial charge is 0.304 e. The van der Waals surface area contributed by atoms with E-state index in [4.69, 9.17) is 24.7 Å². The number of aromatic hydroxyl groups is 2. The van der Waals surface area contributed by atoms with E-state index in [1.165, 1.54) is 13.2 Å². The first-order valence-electron chi connectivity index (χ1n) is 19.8. The van der Waals surface area contributed by atoms with Gasteiger partial charge >= 0.3 is 5.97 Å². The molecule has 56 heavy (non-hydrogen) atoms. The van der Waals surface area contributed by atoms with Crippen LogP contribution in [-0.4, -0.2) is 94.6 Å². The highest BCUT2D eigenvalue weighted by Crippen LogP contribution is 2.62. The molecule has 1 aliphatic carbocycles. The number of hydrogen-bond donors (Lipinski definition) is 9. The fourth-order valence-electron chi connectivity index (χ4n) is 10.2. The number of dihydropyridines is 1. The maximum Gasteiger partial charge on any atom is 0.304 e. The molecule has 6 rings (SSSR count). The zero-order chi connectivity index (χ0) is 40.0. The summed E-state index contributed by atoms with van der Waals surface area (Å²) in [6.45, 7) is 2.02. The van der Waals surface area contributed by atoms with Gasteiger partial charge in [0.25, 0.3) is 0 Å². The first-order chi connectivity index (χ1) is 26.9. The van der Waals surface area contributed by atoms with Gasteiger partial charge in [0.05, 0.1) is 37.7 Å². The van der Waals surface area contributed by atoms with E-state index in [1.807, 2.05) is 6.08 Å². The van der Waals surface area contributed by atoms with E-state index >= 15 is 0 Å². The highest BCUT2D eigenvalue weighted by atomic mass is 16.6. The van der Waals surface area contributed by atoms with Crippen molar-refractivity contribution in [3.63, 3.8) is 0 Å². The number of rotatable bonds is 16. The number of carbonyl (C=O) groups is 1.